The van der Waals surface area contributed by atoms with Gasteiger partial charge in [0.05, 0.1) is 12.5 Å². The van der Waals surface area contributed by atoms with Crippen LogP contribution in [0.4, 0.5) is 5.82 Å². The second kappa shape index (κ2) is 8.23. The van der Waals surface area contributed by atoms with Gasteiger partial charge >= 0.3 is 5.97 Å². The van der Waals surface area contributed by atoms with Gasteiger partial charge in [-0.15, -0.1) is 0 Å². The number of ether oxygens (including phenoxy) is 1. The van der Waals surface area contributed by atoms with Crippen LogP contribution in [-0.4, -0.2) is 48.6 Å². The van der Waals surface area contributed by atoms with E-state index in [2.05, 4.69) is 20.0 Å². The monoisotopic (exact) mass is 399 g/mol. The van der Waals surface area contributed by atoms with Crippen LogP contribution in [-0.2, 0) is 20.7 Å². The Kier molecular flexibility index (Phi) is 5.76. The molecular weight excluding hydrogens is 382 g/mol. The number of halogens is 1. The lowest BCUT2D eigenvalue weighted by atomic mass is 9.73. The summed E-state index contributed by atoms with van der Waals surface area (Å²) in [6.07, 6.45) is 3.41. The van der Waals surface area contributed by atoms with Gasteiger partial charge in [-0.3, -0.25) is 9.59 Å². The van der Waals surface area contributed by atoms with Crippen LogP contribution in [0.2, 0.25) is 5.02 Å². The molecule has 144 valence electrons. The molecule has 0 aliphatic carbocycles. The van der Waals surface area contributed by atoms with E-state index < -0.39 is 11.4 Å². The number of rotatable bonds is 6. The molecule has 9 heteroatoms. The topological polar surface area (TPSA) is 108 Å². The highest BCUT2D eigenvalue weighted by atomic mass is 35.5. The van der Waals surface area contributed by atoms with Gasteiger partial charge in [0.25, 0.3) is 0 Å². The molecule has 0 spiro atoms. The van der Waals surface area contributed by atoms with Crippen molar-refractivity contribution >= 4 is 29.3 Å². The van der Waals surface area contributed by atoms with E-state index >= 15 is 0 Å². The molecule has 8 nitrogen and oxygen atoms in total. The second-order valence-corrected chi connectivity index (χ2v) is 6.98. The lowest BCUT2D eigenvalue weighted by Gasteiger charge is -2.49. The molecule has 28 heavy (non-hydrogen) atoms. The smallest absolute Gasteiger partial charge is 0.325 e. The number of anilines is 1. The van der Waals surface area contributed by atoms with Gasteiger partial charge in [-0.25, -0.2) is 9.97 Å². The summed E-state index contributed by atoms with van der Waals surface area (Å²) in [6, 6.07) is 9.28. The fourth-order valence-electron chi connectivity index (χ4n) is 3.22. The summed E-state index contributed by atoms with van der Waals surface area (Å²) < 4.78 is 4.58. The molecule has 1 fully saturated rings. The van der Waals surface area contributed by atoms with Gasteiger partial charge in [-0.2, -0.15) is 5.26 Å². The highest BCUT2D eigenvalue weighted by Gasteiger charge is 2.50. The summed E-state index contributed by atoms with van der Waals surface area (Å²) in [5.74, 6) is -0.337. The number of methoxy groups -OCH3 is 1. The Balaban J connectivity index is 1.80. The van der Waals surface area contributed by atoms with Gasteiger partial charge in [0.15, 0.2) is 11.5 Å². The Bertz CT molecular complexity index is 920. The van der Waals surface area contributed by atoms with Crippen molar-refractivity contribution < 1.29 is 14.3 Å². The van der Waals surface area contributed by atoms with Gasteiger partial charge in [0.1, 0.15) is 12.6 Å². The first kappa shape index (κ1) is 19.6. The Morgan fingerprint density at radius 3 is 2.61 bits per heavy atom. The molecule has 1 N–H and O–H groups in total. The molecule has 1 aliphatic rings. The van der Waals surface area contributed by atoms with E-state index in [9.17, 15) is 14.9 Å². The number of hydrogen-bond donors (Lipinski definition) is 1. The number of nitrogens with one attached hydrogen (secondary N) is 1. The number of hydrogen-bond acceptors (Lipinski definition) is 7. The molecule has 2 aromatic rings. The fraction of sp³-hybridized carbons (Fsp3) is 0.316. The number of nitriles is 1. The summed E-state index contributed by atoms with van der Waals surface area (Å²) in [6.45, 7) is 0.484. The third-order valence-corrected chi connectivity index (χ3v) is 4.88. The van der Waals surface area contributed by atoms with Gasteiger partial charge in [0.2, 0.25) is 5.91 Å². The first-order chi connectivity index (χ1) is 13.5. The van der Waals surface area contributed by atoms with Crippen molar-refractivity contribution in [1.82, 2.24) is 15.3 Å². The van der Waals surface area contributed by atoms with Gasteiger partial charge in [-0.05, 0) is 24.1 Å². The first-order valence-corrected chi connectivity index (χ1v) is 8.91. The Hall–Kier alpha value is -3.18. The summed E-state index contributed by atoms with van der Waals surface area (Å²) in [5.41, 5.74) is 0.376. The minimum absolute atomic E-state index is 0.202. The van der Waals surface area contributed by atoms with E-state index in [-0.39, 0.29) is 18.1 Å². The maximum Gasteiger partial charge on any atom is 0.325 e. The summed E-state index contributed by atoms with van der Waals surface area (Å²) in [4.78, 5) is 34.4. The maximum atomic E-state index is 12.9. The van der Waals surface area contributed by atoms with Crippen LogP contribution in [0, 0.1) is 16.7 Å². The number of benzene rings is 1. The molecular formula is C19H18ClN5O3. The van der Waals surface area contributed by atoms with Crippen LogP contribution in [0.25, 0.3) is 0 Å². The van der Waals surface area contributed by atoms with Crippen LogP contribution in [0.15, 0.2) is 36.7 Å². The zero-order valence-corrected chi connectivity index (χ0v) is 15.9. The largest absolute Gasteiger partial charge is 0.468 e. The third-order valence-electron chi connectivity index (χ3n) is 4.63. The highest BCUT2D eigenvalue weighted by molar-refractivity contribution is 6.30. The average Bonchev–Trinajstić information content (AvgIpc) is 2.69. The maximum absolute atomic E-state index is 12.9. The van der Waals surface area contributed by atoms with E-state index in [1.165, 1.54) is 19.5 Å². The van der Waals surface area contributed by atoms with Crippen molar-refractivity contribution in [2.45, 2.75) is 6.42 Å². The van der Waals surface area contributed by atoms with Crippen molar-refractivity contribution in [2.24, 2.45) is 5.41 Å². The van der Waals surface area contributed by atoms with Gasteiger partial charge < -0.3 is 15.0 Å². The summed E-state index contributed by atoms with van der Waals surface area (Å²) in [5, 5.41) is 12.5. The minimum Gasteiger partial charge on any atom is -0.468 e. The Morgan fingerprint density at radius 2 is 1.96 bits per heavy atom. The van der Waals surface area contributed by atoms with E-state index in [0.717, 1.165) is 5.56 Å². The third kappa shape index (κ3) is 4.05. The van der Waals surface area contributed by atoms with Crippen molar-refractivity contribution in [3.05, 3.63) is 52.9 Å². The standard InChI is InChI=1S/C19H18ClN5O3/c1-28-16(26)10-24-18(27)19(8-13-2-4-14(20)5-3-13)11-25(12-19)17-15(9-21)22-6-7-23-17/h2-7H,8,10-12H2,1H3,(H,24,27). The second-order valence-electron chi connectivity index (χ2n) is 6.54. The number of aromatic nitrogens is 2. The normalized spacial score (nSPS) is 14.5. The molecule has 1 aromatic carbocycles. The number of amides is 1. The zero-order valence-electron chi connectivity index (χ0n) is 15.2. The van der Waals surface area contributed by atoms with E-state index in [4.69, 9.17) is 11.6 Å². The predicted molar refractivity (Wildman–Crippen MR) is 102 cm³/mol. The van der Waals surface area contributed by atoms with Crippen LogP contribution in [0.5, 0.6) is 0 Å². The summed E-state index contributed by atoms with van der Waals surface area (Å²) >= 11 is 5.95. The molecule has 0 unspecified atom stereocenters. The molecule has 1 amide bonds. The Labute approximate surface area is 167 Å². The molecule has 1 aliphatic heterocycles. The predicted octanol–water partition coefficient (Wildman–Crippen LogP) is 1.34. The molecule has 0 saturated carbocycles. The number of esters is 1. The quantitative estimate of drug-likeness (QED) is 0.730. The number of carbonyl (C=O) groups excluding carboxylic acids is 2. The van der Waals surface area contributed by atoms with Crippen LogP contribution >= 0.6 is 11.6 Å². The van der Waals surface area contributed by atoms with Crippen molar-refractivity contribution in [3.8, 4) is 6.07 Å². The van der Waals surface area contributed by atoms with E-state index in [1.54, 1.807) is 12.1 Å². The zero-order chi connectivity index (χ0) is 20.1. The molecule has 0 radical (unpaired) electrons. The molecule has 2 heterocycles. The van der Waals surface area contributed by atoms with Crippen LogP contribution in [0.1, 0.15) is 11.3 Å². The SMILES string of the molecule is COC(=O)CNC(=O)C1(Cc2ccc(Cl)cc2)CN(c2nccnc2C#N)C1. The molecule has 1 aromatic heterocycles. The molecule has 0 atom stereocenters. The Morgan fingerprint density at radius 1 is 1.29 bits per heavy atom. The lowest BCUT2D eigenvalue weighted by Crippen LogP contribution is -2.65. The fourth-order valence-corrected chi connectivity index (χ4v) is 3.34. The number of carbonyl (C=O) groups is 2. The van der Waals surface area contributed by atoms with Gasteiger partial charge in [-0.1, -0.05) is 23.7 Å². The molecule has 3 rings (SSSR count). The highest BCUT2D eigenvalue weighted by Crippen LogP contribution is 2.38. The minimum atomic E-state index is -0.772. The average molecular weight is 400 g/mol. The van der Waals surface area contributed by atoms with E-state index in [0.29, 0.717) is 30.4 Å². The molecule has 1 saturated heterocycles. The van der Waals surface area contributed by atoms with Crippen molar-refractivity contribution in [2.75, 3.05) is 31.6 Å². The summed E-state index contributed by atoms with van der Waals surface area (Å²) in [7, 11) is 1.26. The van der Waals surface area contributed by atoms with E-state index in [1.807, 2.05) is 23.1 Å². The van der Waals surface area contributed by atoms with Crippen molar-refractivity contribution in [1.29, 1.82) is 5.26 Å². The van der Waals surface area contributed by atoms with Crippen LogP contribution in [0.3, 0.4) is 0 Å². The van der Waals surface area contributed by atoms with Gasteiger partial charge in [0, 0.05) is 30.5 Å². The number of nitrogens with zero attached hydrogens (tertiary/aromatic N) is 4. The lowest BCUT2D eigenvalue weighted by molar-refractivity contribution is -0.143. The first-order valence-electron chi connectivity index (χ1n) is 8.53. The van der Waals surface area contributed by atoms with Crippen LogP contribution < -0.4 is 10.2 Å². The van der Waals surface area contributed by atoms with Crippen molar-refractivity contribution in [3.63, 3.8) is 0 Å². The molecule has 0 bridgehead atoms.